The van der Waals surface area contributed by atoms with E-state index in [1.54, 1.807) is 0 Å². The van der Waals surface area contributed by atoms with E-state index in [-0.39, 0.29) is 0 Å². The molecule has 1 aliphatic heterocycles. The molecule has 0 radical (unpaired) electrons. The van der Waals surface area contributed by atoms with Crippen LogP contribution in [-0.4, -0.2) is 30.1 Å². The molecule has 98 valence electrons. The third-order valence-electron chi connectivity index (χ3n) is 2.72. The molecule has 0 spiro atoms. The fourth-order valence-corrected chi connectivity index (χ4v) is 2.98. The largest absolute Gasteiger partial charge is 0.492 e. The topological polar surface area (TPSA) is 33.6 Å². The van der Waals surface area contributed by atoms with Crippen LogP contribution in [0.25, 0.3) is 0 Å². The predicted octanol–water partition coefficient (Wildman–Crippen LogP) is 2.93. The summed E-state index contributed by atoms with van der Waals surface area (Å²) in [6.45, 7) is 4.65. The summed E-state index contributed by atoms with van der Waals surface area (Å²) in [6, 6.07) is 9.89. The quantitative estimate of drug-likeness (QED) is 0.802. The third-order valence-corrected chi connectivity index (χ3v) is 3.93. The van der Waals surface area contributed by atoms with E-state index in [1.807, 2.05) is 42.1 Å². The first kappa shape index (κ1) is 13.3. The molecule has 18 heavy (non-hydrogen) atoms. The van der Waals surface area contributed by atoms with Gasteiger partial charge in [0.1, 0.15) is 12.4 Å². The second-order valence-corrected chi connectivity index (χ2v) is 5.55. The van der Waals surface area contributed by atoms with Crippen LogP contribution in [0.15, 0.2) is 35.3 Å². The molecular weight excluding hydrogens is 244 g/mol. The van der Waals surface area contributed by atoms with E-state index >= 15 is 0 Å². The van der Waals surface area contributed by atoms with Gasteiger partial charge in [0.25, 0.3) is 0 Å². The fraction of sp³-hybridized carbons (Fsp3) is 0.500. The number of thioether (sulfide) groups is 1. The van der Waals surface area contributed by atoms with Gasteiger partial charge in [0.2, 0.25) is 0 Å². The van der Waals surface area contributed by atoms with Gasteiger partial charge in [0, 0.05) is 5.25 Å². The van der Waals surface area contributed by atoms with E-state index < -0.39 is 0 Å². The van der Waals surface area contributed by atoms with Crippen LogP contribution in [0.2, 0.25) is 0 Å². The van der Waals surface area contributed by atoms with Crippen molar-refractivity contribution in [2.75, 3.05) is 19.7 Å². The van der Waals surface area contributed by atoms with Gasteiger partial charge in [-0.1, -0.05) is 43.3 Å². The van der Waals surface area contributed by atoms with E-state index in [1.165, 1.54) is 12.8 Å². The number of ether oxygens (including phenoxy) is 1. The van der Waals surface area contributed by atoms with Gasteiger partial charge in [-0.2, -0.15) is 0 Å². The Kier molecular flexibility index (Phi) is 5.39. The first-order valence-electron chi connectivity index (χ1n) is 6.51. The summed E-state index contributed by atoms with van der Waals surface area (Å²) in [5, 5.41) is 5.08. The molecule has 2 rings (SSSR count). The Morgan fingerprint density at radius 1 is 1.39 bits per heavy atom. The molecule has 0 amide bonds. The fourth-order valence-electron chi connectivity index (χ4n) is 1.83. The minimum absolute atomic E-state index is 0.669. The molecule has 0 saturated carbocycles. The van der Waals surface area contributed by atoms with Crippen LogP contribution in [0.4, 0.5) is 0 Å². The van der Waals surface area contributed by atoms with Crippen molar-refractivity contribution >= 4 is 16.9 Å². The molecule has 1 unspecified atom stereocenters. The highest BCUT2D eigenvalue weighted by atomic mass is 32.2. The molecule has 0 aliphatic carbocycles. The standard InChI is InChI=1S/C14H20N2OS/c1-2-6-13-11-16-14(18-13)15-9-10-17-12-7-4-3-5-8-12/h3-5,7-8,13H,2,6,9-11H2,1H3,(H,15,16). The smallest absolute Gasteiger partial charge is 0.157 e. The monoisotopic (exact) mass is 264 g/mol. The van der Waals surface area contributed by atoms with Crippen molar-refractivity contribution in [1.82, 2.24) is 5.32 Å². The molecule has 1 N–H and O–H groups in total. The number of para-hydroxylation sites is 1. The van der Waals surface area contributed by atoms with Gasteiger partial charge in [0.05, 0.1) is 13.1 Å². The van der Waals surface area contributed by atoms with Crippen LogP contribution >= 0.6 is 11.8 Å². The molecule has 1 aromatic rings. The Morgan fingerprint density at radius 3 is 3.00 bits per heavy atom. The van der Waals surface area contributed by atoms with Gasteiger partial charge in [-0.15, -0.1) is 0 Å². The first-order valence-corrected chi connectivity index (χ1v) is 7.39. The number of hydrogen-bond donors (Lipinski definition) is 1. The number of rotatable bonds is 6. The SMILES string of the molecule is CCCC1CN=C(NCCOc2ccccc2)S1. The molecule has 1 aliphatic rings. The maximum absolute atomic E-state index is 5.61. The zero-order valence-electron chi connectivity index (χ0n) is 10.8. The summed E-state index contributed by atoms with van der Waals surface area (Å²) in [6.07, 6.45) is 2.48. The van der Waals surface area contributed by atoms with Gasteiger partial charge < -0.3 is 10.1 Å². The summed E-state index contributed by atoms with van der Waals surface area (Å²) in [5.41, 5.74) is 0. The number of nitrogens with zero attached hydrogens (tertiary/aromatic N) is 1. The molecule has 1 heterocycles. The number of benzene rings is 1. The summed E-state index contributed by atoms with van der Waals surface area (Å²) < 4.78 is 5.61. The van der Waals surface area contributed by atoms with E-state index in [0.29, 0.717) is 11.9 Å². The number of hydrogen-bond acceptors (Lipinski definition) is 4. The van der Waals surface area contributed by atoms with Gasteiger partial charge in [-0.05, 0) is 18.6 Å². The van der Waals surface area contributed by atoms with Crippen molar-refractivity contribution < 1.29 is 4.74 Å². The minimum atomic E-state index is 0.669. The van der Waals surface area contributed by atoms with Gasteiger partial charge >= 0.3 is 0 Å². The van der Waals surface area contributed by atoms with E-state index in [9.17, 15) is 0 Å². The maximum atomic E-state index is 5.61. The average molecular weight is 264 g/mol. The lowest BCUT2D eigenvalue weighted by Gasteiger charge is -2.09. The van der Waals surface area contributed by atoms with E-state index in [0.717, 1.165) is 24.0 Å². The van der Waals surface area contributed by atoms with Crippen molar-refractivity contribution in [3.63, 3.8) is 0 Å². The second kappa shape index (κ2) is 7.31. The van der Waals surface area contributed by atoms with Crippen molar-refractivity contribution in [1.29, 1.82) is 0 Å². The van der Waals surface area contributed by atoms with Crippen LogP contribution < -0.4 is 10.1 Å². The van der Waals surface area contributed by atoms with Crippen molar-refractivity contribution in [2.24, 2.45) is 4.99 Å². The Labute approximate surface area is 113 Å². The number of amidine groups is 1. The van der Waals surface area contributed by atoms with Crippen LogP contribution in [0.1, 0.15) is 19.8 Å². The Bertz CT molecular complexity index is 381. The Balaban J connectivity index is 1.59. The van der Waals surface area contributed by atoms with Gasteiger partial charge in [-0.3, -0.25) is 4.99 Å². The number of aliphatic imine (C=N–C) groups is 1. The van der Waals surface area contributed by atoms with Crippen LogP contribution in [0.3, 0.4) is 0 Å². The molecule has 0 aromatic heterocycles. The normalized spacial score (nSPS) is 18.5. The van der Waals surface area contributed by atoms with E-state index in [4.69, 9.17) is 4.74 Å². The summed E-state index contributed by atoms with van der Waals surface area (Å²) in [7, 11) is 0. The summed E-state index contributed by atoms with van der Waals surface area (Å²) in [5.74, 6) is 0.921. The molecule has 1 atom stereocenters. The molecule has 3 nitrogen and oxygen atoms in total. The van der Waals surface area contributed by atoms with Crippen LogP contribution in [0, 0.1) is 0 Å². The molecule has 1 aromatic carbocycles. The van der Waals surface area contributed by atoms with Gasteiger partial charge in [-0.25, -0.2) is 0 Å². The molecule has 0 bridgehead atoms. The molecular formula is C14H20N2OS. The zero-order chi connectivity index (χ0) is 12.6. The third kappa shape index (κ3) is 4.26. The van der Waals surface area contributed by atoms with Crippen molar-refractivity contribution in [3.8, 4) is 5.75 Å². The molecule has 0 saturated heterocycles. The lowest BCUT2D eigenvalue weighted by molar-refractivity contribution is 0.323. The summed E-state index contributed by atoms with van der Waals surface area (Å²) >= 11 is 1.86. The van der Waals surface area contributed by atoms with Crippen molar-refractivity contribution in [3.05, 3.63) is 30.3 Å². The second-order valence-electron chi connectivity index (χ2n) is 4.26. The maximum Gasteiger partial charge on any atom is 0.157 e. The number of nitrogens with one attached hydrogen (secondary N) is 1. The summed E-state index contributed by atoms with van der Waals surface area (Å²) in [4.78, 5) is 4.49. The highest BCUT2D eigenvalue weighted by Gasteiger charge is 2.17. The van der Waals surface area contributed by atoms with Crippen LogP contribution in [0.5, 0.6) is 5.75 Å². The minimum Gasteiger partial charge on any atom is -0.492 e. The zero-order valence-corrected chi connectivity index (χ0v) is 11.6. The average Bonchev–Trinajstić information content (AvgIpc) is 2.84. The predicted molar refractivity (Wildman–Crippen MR) is 78.5 cm³/mol. The lowest BCUT2D eigenvalue weighted by atomic mass is 10.2. The van der Waals surface area contributed by atoms with Gasteiger partial charge in [0.15, 0.2) is 5.17 Å². The highest BCUT2D eigenvalue weighted by molar-refractivity contribution is 8.14. The first-order chi connectivity index (χ1) is 8.88. The van der Waals surface area contributed by atoms with Crippen LogP contribution in [-0.2, 0) is 0 Å². The van der Waals surface area contributed by atoms with Crippen molar-refractivity contribution in [2.45, 2.75) is 25.0 Å². The highest BCUT2D eigenvalue weighted by Crippen LogP contribution is 2.23. The Morgan fingerprint density at radius 2 is 2.22 bits per heavy atom. The molecule has 4 heteroatoms. The Hall–Kier alpha value is -1.16. The lowest BCUT2D eigenvalue weighted by Crippen LogP contribution is -2.25. The molecule has 0 fully saturated rings. The van der Waals surface area contributed by atoms with E-state index in [2.05, 4.69) is 17.2 Å².